The summed E-state index contributed by atoms with van der Waals surface area (Å²) in [5.41, 5.74) is 10.4. The Hall–Kier alpha value is -7.49. The van der Waals surface area contributed by atoms with Gasteiger partial charge in [0.05, 0.1) is 16.9 Å². The Bertz CT molecular complexity index is 3110. The maximum Gasteiger partial charge on any atom is 0.160 e. The number of hydrogen-bond donors (Lipinski definition) is 0. The second-order valence-corrected chi connectivity index (χ2v) is 14.6. The normalized spacial score (nSPS) is 11.6. The van der Waals surface area contributed by atoms with Crippen LogP contribution in [0.5, 0.6) is 0 Å². The molecule has 0 fully saturated rings. The van der Waals surface area contributed by atoms with Gasteiger partial charge in [-0.05, 0) is 132 Å². The average Bonchev–Trinajstić information content (AvgIpc) is 3.27. The Kier molecular flexibility index (Phi) is 7.49. The highest BCUT2D eigenvalue weighted by Crippen LogP contribution is 2.34. The molecule has 260 valence electrons. The molecule has 0 atom stereocenters. The average molecular weight is 712 g/mol. The smallest absolute Gasteiger partial charge is 0.160 e. The van der Waals surface area contributed by atoms with E-state index >= 15 is 0 Å². The van der Waals surface area contributed by atoms with Crippen molar-refractivity contribution in [2.75, 3.05) is 0 Å². The Balaban J connectivity index is 0.965. The van der Waals surface area contributed by atoms with Gasteiger partial charge in [0, 0.05) is 28.3 Å². The summed E-state index contributed by atoms with van der Waals surface area (Å²) in [6.07, 6.45) is 1.82. The van der Waals surface area contributed by atoms with Crippen molar-refractivity contribution in [3.63, 3.8) is 0 Å². The van der Waals surface area contributed by atoms with Crippen molar-refractivity contribution < 1.29 is 0 Å². The van der Waals surface area contributed by atoms with E-state index in [-0.39, 0.29) is 0 Å². The van der Waals surface area contributed by atoms with Crippen molar-refractivity contribution in [1.29, 1.82) is 0 Å². The van der Waals surface area contributed by atoms with Gasteiger partial charge in [-0.1, -0.05) is 127 Å². The van der Waals surface area contributed by atoms with Crippen molar-refractivity contribution in [3.8, 4) is 56.2 Å². The highest BCUT2D eigenvalue weighted by Gasteiger charge is 2.13. The van der Waals surface area contributed by atoms with Gasteiger partial charge in [0.1, 0.15) is 0 Å². The van der Waals surface area contributed by atoms with E-state index in [2.05, 4.69) is 187 Å². The molecule has 0 aliphatic carbocycles. The first-order valence-corrected chi connectivity index (χ1v) is 19.0. The first kappa shape index (κ1) is 32.0. The molecule has 3 nitrogen and oxygen atoms in total. The SMILES string of the molecule is c1ccc2cc3cc(-c4ccc(-c5cc(-c6ccc(-c7ccc8cc9ccccc9cc8c7)cc6)nc(-c6ccc7ncccc7c6)n5)cc4)ccc3cc2c1. The highest BCUT2D eigenvalue weighted by atomic mass is 14.9. The molecule has 0 aliphatic heterocycles. The molecule has 2 heterocycles. The lowest BCUT2D eigenvalue weighted by molar-refractivity contribution is 1.18. The van der Waals surface area contributed by atoms with Crippen LogP contribution in [0, 0.1) is 0 Å². The molecule has 11 aromatic rings. The monoisotopic (exact) mass is 711 g/mol. The first-order chi connectivity index (χ1) is 27.7. The number of benzene rings is 9. The van der Waals surface area contributed by atoms with Crippen molar-refractivity contribution in [1.82, 2.24) is 15.0 Å². The van der Waals surface area contributed by atoms with Gasteiger partial charge < -0.3 is 0 Å². The molecule has 0 amide bonds. The second kappa shape index (κ2) is 13.1. The van der Waals surface area contributed by atoms with Crippen LogP contribution in [0.25, 0.3) is 110 Å². The maximum absolute atomic E-state index is 5.16. The van der Waals surface area contributed by atoms with Crippen LogP contribution < -0.4 is 0 Å². The second-order valence-electron chi connectivity index (χ2n) is 14.6. The summed E-state index contributed by atoms with van der Waals surface area (Å²) in [5, 5.41) is 11.0. The van der Waals surface area contributed by atoms with E-state index < -0.39 is 0 Å². The zero-order valence-electron chi connectivity index (χ0n) is 30.4. The quantitative estimate of drug-likeness (QED) is 0.167. The van der Waals surface area contributed by atoms with Crippen LogP contribution in [0.15, 0.2) is 200 Å². The van der Waals surface area contributed by atoms with Gasteiger partial charge >= 0.3 is 0 Å². The van der Waals surface area contributed by atoms with E-state index in [9.17, 15) is 0 Å². The van der Waals surface area contributed by atoms with Crippen molar-refractivity contribution >= 4 is 54.0 Å². The number of rotatable bonds is 5. The topological polar surface area (TPSA) is 38.7 Å². The maximum atomic E-state index is 5.16. The Morgan fingerprint density at radius 3 is 1.16 bits per heavy atom. The van der Waals surface area contributed by atoms with Crippen LogP contribution in [0.1, 0.15) is 0 Å². The molecule has 0 unspecified atom stereocenters. The summed E-state index contributed by atoms with van der Waals surface area (Å²) < 4.78 is 0. The summed E-state index contributed by atoms with van der Waals surface area (Å²) in [7, 11) is 0. The standard InChI is InChI=1S/C53H33N3/c1-3-8-40-28-48-30-42(19-21-44(48)26-38(40)6-1)34-11-15-36(16-12-34)51-33-52(56-53(55-51)47-23-24-50-46(32-47)10-5-25-54-50)37-17-13-35(14-18-37)43-20-22-45-27-39-7-2-4-9-41(39)29-49(45)31-43/h1-33H. The molecule has 0 saturated carbocycles. The summed E-state index contributed by atoms with van der Waals surface area (Å²) in [6, 6.07) is 69.5. The van der Waals surface area contributed by atoms with Gasteiger partial charge in [0.2, 0.25) is 0 Å². The third-order valence-electron chi connectivity index (χ3n) is 11.0. The van der Waals surface area contributed by atoms with E-state index in [1.165, 1.54) is 54.2 Å². The fourth-order valence-corrected chi connectivity index (χ4v) is 7.99. The lowest BCUT2D eigenvalue weighted by Crippen LogP contribution is -1.96. The minimum Gasteiger partial charge on any atom is -0.256 e. The molecule has 11 rings (SSSR count). The summed E-state index contributed by atoms with van der Waals surface area (Å²) in [6.45, 7) is 0. The van der Waals surface area contributed by atoms with Crippen LogP contribution >= 0.6 is 0 Å². The van der Waals surface area contributed by atoms with Gasteiger partial charge in [0.15, 0.2) is 5.82 Å². The predicted molar refractivity (Wildman–Crippen MR) is 235 cm³/mol. The Morgan fingerprint density at radius 1 is 0.250 bits per heavy atom. The van der Waals surface area contributed by atoms with Crippen molar-refractivity contribution in [2.45, 2.75) is 0 Å². The number of fused-ring (bicyclic) bond motifs is 5. The van der Waals surface area contributed by atoms with E-state index in [1.54, 1.807) is 0 Å². The summed E-state index contributed by atoms with van der Waals surface area (Å²) in [4.78, 5) is 14.9. The minimum absolute atomic E-state index is 0.680. The summed E-state index contributed by atoms with van der Waals surface area (Å²) >= 11 is 0. The van der Waals surface area contributed by atoms with Crippen LogP contribution in [-0.4, -0.2) is 15.0 Å². The van der Waals surface area contributed by atoms with Crippen LogP contribution in [0.3, 0.4) is 0 Å². The third-order valence-corrected chi connectivity index (χ3v) is 11.0. The number of nitrogens with zero attached hydrogens (tertiary/aromatic N) is 3. The van der Waals surface area contributed by atoms with Crippen molar-refractivity contribution in [2.24, 2.45) is 0 Å². The van der Waals surface area contributed by atoms with Gasteiger partial charge in [-0.3, -0.25) is 4.98 Å². The molecule has 56 heavy (non-hydrogen) atoms. The zero-order chi connectivity index (χ0) is 37.0. The Morgan fingerprint density at radius 2 is 0.643 bits per heavy atom. The molecule has 0 N–H and O–H groups in total. The van der Waals surface area contributed by atoms with Crippen LogP contribution in [0.4, 0.5) is 0 Å². The number of pyridine rings is 1. The van der Waals surface area contributed by atoms with Crippen LogP contribution in [0.2, 0.25) is 0 Å². The van der Waals surface area contributed by atoms with E-state index in [4.69, 9.17) is 9.97 Å². The molecule has 0 bridgehead atoms. The third kappa shape index (κ3) is 5.83. The zero-order valence-corrected chi connectivity index (χ0v) is 30.4. The van der Waals surface area contributed by atoms with Gasteiger partial charge in [-0.15, -0.1) is 0 Å². The number of hydrogen-bond acceptors (Lipinski definition) is 3. The Labute approximate surface area is 324 Å². The lowest BCUT2D eigenvalue weighted by atomic mass is 9.97. The predicted octanol–water partition coefficient (Wildman–Crippen LogP) is 14.0. The molecule has 0 radical (unpaired) electrons. The molecular weight excluding hydrogens is 679 g/mol. The van der Waals surface area contributed by atoms with Gasteiger partial charge in [0.25, 0.3) is 0 Å². The fraction of sp³-hybridized carbons (Fsp3) is 0. The number of aromatic nitrogens is 3. The van der Waals surface area contributed by atoms with Gasteiger partial charge in [-0.25, -0.2) is 9.97 Å². The van der Waals surface area contributed by atoms with E-state index in [1.807, 2.05) is 18.3 Å². The molecule has 2 aromatic heterocycles. The van der Waals surface area contributed by atoms with Crippen LogP contribution in [-0.2, 0) is 0 Å². The minimum atomic E-state index is 0.680. The molecule has 0 saturated heterocycles. The molecular formula is C53H33N3. The molecule has 3 heteroatoms. The van der Waals surface area contributed by atoms with Crippen molar-refractivity contribution in [3.05, 3.63) is 200 Å². The summed E-state index contributed by atoms with van der Waals surface area (Å²) in [5.74, 6) is 0.680. The van der Waals surface area contributed by atoms with Gasteiger partial charge in [-0.2, -0.15) is 0 Å². The van der Waals surface area contributed by atoms with E-state index in [0.717, 1.165) is 50.1 Å². The molecule has 0 spiro atoms. The fourth-order valence-electron chi connectivity index (χ4n) is 7.99. The highest BCUT2D eigenvalue weighted by molar-refractivity contribution is 6.01. The van der Waals surface area contributed by atoms with E-state index in [0.29, 0.717) is 5.82 Å². The molecule has 0 aliphatic rings. The first-order valence-electron chi connectivity index (χ1n) is 19.0. The lowest BCUT2D eigenvalue weighted by Gasteiger charge is -2.12. The molecule has 9 aromatic carbocycles. The largest absolute Gasteiger partial charge is 0.256 e.